The van der Waals surface area contributed by atoms with Gasteiger partial charge in [-0.15, -0.1) is 11.3 Å². The van der Waals surface area contributed by atoms with E-state index in [1.165, 1.54) is 25.6 Å². The van der Waals surface area contributed by atoms with Gasteiger partial charge in [0, 0.05) is 14.8 Å². The second-order valence-electron chi connectivity index (χ2n) is 3.55. The second-order valence-corrected chi connectivity index (χ2v) is 4.60. The minimum atomic E-state index is 1.38. The Morgan fingerprint density at radius 1 is 0.857 bits per heavy atom. The van der Waals surface area contributed by atoms with Gasteiger partial charge in [0.15, 0.2) is 0 Å². The number of rotatable bonds is 0. The molecule has 0 radical (unpaired) electrons. The molecule has 0 spiro atoms. The lowest BCUT2D eigenvalue weighted by Crippen LogP contribution is -1.99. The molecule has 0 aliphatic heterocycles. The zero-order valence-electron chi connectivity index (χ0n) is 7.95. The van der Waals surface area contributed by atoms with Crippen molar-refractivity contribution in [1.29, 1.82) is 0 Å². The van der Waals surface area contributed by atoms with Crippen molar-refractivity contribution in [3.05, 3.63) is 42.5 Å². The van der Waals surface area contributed by atoms with E-state index in [0.717, 1.165) is 0 Å². The van der Waals surface area contributed by atoms with Gasteiger partial charge in [-0.25, -0.2) is 0 Å². The molecule has 2 aromatic carbocycles. The molecule has 0 aliphatic carbocycles. The molecule has 66 valence electrons. The summed E-state index contributed by atoms with van der Waals surface area (Å²) in [6.45, 7) is 0. The van der Waals surface area contributed by atoms with Gasteiger partial charge in [0.05, 0.1) is 0 Å². The van der Waals surface area contributed by atoms with E-state index in [0.29, 0.717) is 0 Å². The van der Waals surface area contributed by atoms with Crippen LogP contribution in [0, 0.1) is 0 Å². The normalized spacial score (nSPS) is 11.1. The van der Waals surface area contributed by atoms with Crippen LogP contribution in [0.15, 0.2) is 42.5 Å². The lowest BCUT2D eigenvalue weighted by Gasteiger charge is -1.93. The third-order valence-electron chi connectivity index (χ3n) is 2.60. The molecule has 2 heteroatoms. The Hall–Kier alpha value is -1.28. The molecule has 3 rings (SSSR count). The van der Waals surface area contributed by atoms with Crippen LogP contribution < -0.4 is 5.46 Å². The molecule has 0 nitrogen and oxygen atoms in total. The Balaban J connectivity index is 2.63. The topological polar surface area (TPSA) is 0 Å². The SMILES string of the molecule is Bc1cccc2c1sc1ccccc12. The molecule has 0 atom stereocenters. The summed E-state index contributed by atoms with van der Waals surface area (Å²) in [5.41, 5.74) is 1.38. The van der Waals surface area contributed by atoms with Crippen LogP contribution in [0.5, 0.6) is 0 Å². The van der Waals surface area contributed by atoms with Gasteiger partial charge in [-0.3, -0.25) is 0 Å². The number of hydrogen-bond acceptors (Lipinski definition) is 1. The molecular weight excluding hydrogens is 187 g/mol. The van der Waals surface area contributed by atoms with Crippen molar-refractivity contribution in [2.24, 2.45) is 0 Å². The van der Waals surface area contributed by atoms with Gasteiger partial charge in [-0.05, 0) is 11.5 Å². The first-order valence-electron chi connectivity index (χ1n) is 4.73. The van der Waals surface area contributed by atoms with E-state index in [9.17, 15) is 0 Å². The Morgan fingerprint density at radius 2 is 1.64 bits per heavy atom. The van der Waals surface area contributed by atoms with Crippen LogP contribution in [0.4, 0.5) is 0 Å². The fourth-order valence-electron chi connectivity index (χ4n) is 1.89. The Bertz CT molecular complexity index is 610. The van der Waals surface area contributed by atoms with Crippen molar-refractivity contribution in [3.63, 3.8) is 0 Å². The molecule has 0 saturated heterocycles. The summed E-state index contributed by atoms with van der Waals surface area (Å²) in [5, 5.41) is 2.78. The van der Waals surface area contributed by atoms with Gasteiger partial charge in [0.25, 0.3) is 0 Å². The van der Waals surface area contributed by atoms with Crippen LogP contribution in [-0.2, 0) is 0 Å². The zero-order chi connectivity index (χ0) is 9.54. The highest BCUT2D eigenvalue weighted by Gasteiger charge is 2.04. The molecule has 0 unspecified atom stereocenters. The summed E-state index contributed by atoms with van der Waals surface area (Å²) in [7, 11) is 2.18. The van der Waals surface area contributed by atoms with Gasteiger partial charge >= 0.3 is 0 Å². The lowest BCUT2D eigenvalue weighted by atomic mass is 9.94. The van der Waals surface area contributed by atoms with E-state index in [1.807, 2.05) is 11.3 Å². The van der Waals surface area contributed by atoms with E-state index >= 15 is 0 Å². The highest BCUT2D eigenvalue weighted by Crippen LogP contribution is 2.31. The maximum absolute atomic E-state index is 2.21. The van der Waals surface area contributed by atoms with Crippen molar-refractivity contribution < 1.29 is 0 Å². The number of thiophene rings is 1. The quantitative estimate of drug-likeness (QED) is 0.484. The third kappa shape index (κ3) is 1.01. The Kier molecular flexibility index (Phi) is 1.65. The van der Waals surface area contributed by atoms with Crippen molar-refractivity contribution in [2.45, 2.75) is 0 Å². The van der Waals surface area contributed by atoms with Gasteiger partial charge in [-0.2, -0.15) is 0 Å². The summed E-state index contributed by atoms with van der Waals surface area (Å²) in [5.74, 6) is 0. The molecule has 0 aliphatic rings. The second kappa shape index (κ2) is 2.86. The standard InChI is InChI=1S/C12H9BS/c13-10-6-3-5-9-8-4-1-2-7-11(8)14-12(9)10/h1-7H,13H2. The molecule has 0 bridgehead atoms. The molecule has 3 aromatic rings. The minimum absolute atomic E-state index is 1.38. The van der Waals surface area contributed by atoms with E-state index in [2.05, 4.69) is 50.3 Å². The van der Waals surface area contributed by atoms with Crippen molar-refractivity contribution >= 4 is 44.8 Å². The molecule has 0 N–H and O–H groups in total. The largest absolute Gasteiger partial charge is 0.141 e. The van der Waals surface area contributed by atoms with Crippen LogP contribution in [-0.4, -0.2) is 7.85 Å². The maximum atomic E-state index is 2.21. The molecule has 0 saturated carbocycles. The first-order valence-corrected chi connectivity index (χ1v) is 5.55. The number of benzene rings is 2. The molecule has 0 amide bonds. The van der Waals surface area contributed by atoms with Crippen LogP contribution in [0.2, 0.25) is 0 Å². The van der Waals surface area contributed by atoms with E-state index < -0.39 is 0 Å². The van der Waals surface area contributed by atoms with Crippen molar-refractivity contribution in [1.82, 2.24) is 0 Å². The van der Waals surface area contributed by atoms with Gasteiger partial charge in [-0.1, -0.05) is 41.9 Å². The molecule has 14 heavy (non-hydrogen) atoms. The smallest absolute Gasteiger partial charge is 0.136 e. The summed E-state index contributed by atoms with van der Waals surface area (Å²) in [6.07, 6.45) is 0. The maximum Gasteiger partial charge on any atom is 0.141 e. The Labute approximate surface area is 87.6 Å². The van der Waals surface area contributed by atoms with Gasteiger partial charge in [0.1, 0.15) is 7.85 Å². The highest BCUT2D eigenvalue weighted by molar-refractivity contribution is 7.26. The molecule has 0 fully saturated rings. The summed E-state index contributed by atoms with van der Waals surface area (Å²) >= 11 is 1.89. The average molecular weight is 196 g/mol. The van der Waals surface area contributed by atoms with Crippen LogP contribution in [0.1, 0.15) is 0 Å². The van der Waals surface area contributed by atoms with Gasteiger partial charge < -0.3 is 0 Å². The Morgan fingerprint density at radius 3 is 2.57 bits per heavy atom. The van der Waals surface area contributed by atoms with Crippen LogP contribution in [0.3, 0.4) is 0 Å². The first-order chi connectivity index (χ1) is 6.86. The van der Waals surface area contributed by atoms with Gasteiger partial charge in [0.2, 0.25) is 0 Å². The van der Waals surface area contributed by atoms with Crippen LogP contribution in [0.25, 0.3) is 20.2 Å². The summed E-state index contributed by atoms with van der Waals surface area (Å²) in [4.78, 5) is 0. The predicted octanol–water partition coefficient (Wildman–Crippen LogP) is 2.31. The average Bonchev–Trinajstić information content (AvgIpc) is 2.59. The minimum Gasteiger partial charge on any atom is -0.136 e. The fourth-order valence-corrected chi connectivity index (χ4v) is 3.06. The lowest BCUT2D eigenvalue weighted by molar-refractivity contribution is 1.86. The number of fused-ring (bicyclic) bond motifs is 3. The fraction of sp³-hybridized carbons (Fsp3) is 0. The zero-order valence-corrected chi connectivity index (χ0v) is 8.77. The van der Waals surface area contributed by atoms with E-state index in [4.69, 9.17) is 0 Å². The van der Waals surface area contributed by atoms with Crippen molar-refractivity contribution in [2.75, 3.05) is 0 Å². The number of hydrogen-bond donors (Lipinski definition) is 0. The van der Waals surface area contributed by atoms with Crippen molar-refractivity contribution in [3.8, 4) is 0 Å². The highest BCUT2D eigenvalue weighted by atomic mass is 32.1. The van der Waals surface area contributed by atoms with E-state index in [-0.39, 0.29) is 0 Å². The van der Waals surface area contributed by atoms with Crippen LogP contribution >= 0.6 is 11.3 Å². The first kappa shape index (κ1) is 8.07. The third-order valence-corrected chi connectivity index (χ3v) is 3.92. The summed E-state index contributed by atoms with van der Waals surface area (Å²) < 4.78 is 2.81. The predicted molar refractivity (Wildman–Crippen MR) is 67.5 cm³/mol. The molecular formula is C12H9BS. The van der Waals surface area contributed by atoms with E-state index in [1.54, 1.807) is 0 Å². The molecule has 1 heterocycles. The summed E-state index contributed by atoms with van der Waals surface area (Å²) in [6, 6.07) is 15.1. The monoisotopic (exact) mass is 196 g/mol. The molecule has 1 aromatic heterocycles.